The lowest BCUT2D eigenvalue weighted by Gasteiger charge is -2.19. The van der Waals surface area contributed by atoms with Crippen molar-refractivity contribution in [1.82, 2.24) is 14.7 Å². The van der Waals surface area contributed by atoms with Crippen LogP contribution in [0.3, 0.4) is 0 Å². The van der Waals surface area contributed by atoms with Gasteiger partial charge in [-0.05, 0) is 31.9 Å². The molecule has 0 aliphatic rings. The molecule has 0 saturated carbocycles. The largest absolute Gasteiger partial charge is 0.480 e. The standard InChI is InChI=1S/C17H21N3O3/c1-13(2)20-11-9-15(18-20)17(23)19(12-16(21)22)10-8-14-6-4-3-5-7-14/h3-7,9,11,13H,8,10,12H2,1-2H3,(H,21,22). The molecule has 1 heterocycles. The predicted molar refractivity (Wildman–Crippen MR) is 86.3 cm³/mol. The summed E-state index contributed by atoms with van der Waals surface area (Å²) in [5.41, 5.74) is 1.33. The van der Waals surface area contributed by atoms with Crippen molar-refractivity contribution in [2.45, 2.75) is 26.3 Å². The van der Waals surface area contributed by atoms with Crippen LogP contribution in [0.15, 0.2) is 42.6 Å². The number of carbonyl (C=O) groups excluding carboxylic acids is 1. The molecule has 0 radical (unpaired) electrons. The zero-order valence-electron chi connectivity index (χ0n) is 13.3. The van der Waals surface area contributed by atoms with Crippen molar-refractivity contribution in [2.75, 3.05) is 13.1 Å². The first-order chi connectivity index (χ1) is 11.0. The van der Waals surface area contributed by atoms with Crippen molar-refractivity contribution in [3.63, 3.8) is 0 Å². The molecule has 0 unspecified atom stereocenters. The van der Waals surface area contributed by atoms with Crippen molar-refractivity contribution >= 4 is 11.9 Å². The highest BCUT2D eigenvalue weighted by atomic mass is 16.4. The molecule has 1 aromatic carbocycles. The van der Waals surface area contributed by atoms with Crippen molar-refractivity contribution < 1.29 is 14.7 Å². The topological polar surface area (TPSA) is 75.4 Å². The van der Waals surface area contributed by atoms with Gasteiger partial charge in [-0.1, -0.05) is 30.3 Å². The molecule has 0 bridgehead atoms. The van der Waals surface area contributed by atoms with Gasteiger partial charge in [-0.3, -0.25) is 14.3 Å². The number of aromatic nitrogens is 2. The van der Waals surface area contributed by atoms with Gasteiger partial charge in [0.25, 0.3) is 5.91 Å². The quantitative estimate of drug-likeness (QED) is 0.850. The molecule has 0 saturated heterocycles. The van der Waals surface area contributed by atoms with Gasteiger partial charge >= 0.3 is 5.97 Å². The first-order valence-electron chi connectivity index (χ1n) is 7.57. The normalized spacial score (nSPS) is 10.7. The molecule has 0 fully saturated rings. The van der Waals surface area contributed by atoms with E-state index in [-0.39, 0.29) is 24.2 Å². The number of hydrogen-bond donors (Lipinski definition) is 1. The molecule has 0 spiro atoms. The van der Waals surface area contributed by atoms with E-state index < -0.39 is 5.97 Å². The van der Waals surface area contributed by atoms with Crippen molar-refractivity contribution in [2.24, 2.45) is 0 Å². The average Bonchev–Trinajstić information content (AvgIpc) is 3.01. The van der Waals surface area contributed by atoms with Gasteiger partial charge in [-0.2, -0.15) is 5.10 Å². The Morgan fingerprint density at radius 2 is 1.91 bits per heavy atom. The van der Waals surface area contributed by atoms with E-state index in [1.807, 2.05) is 44.2 Å². The number of carboxylic acids is 1. The molecule has 6 heteroatoms. The number of hydrogen-bond acceptors (Lipinski definition) is 3. The number of amides is 1. The molecule has 6 nitrogen and oxygen atoms in total. The highest BCUT2D eigenvalue weighted by Gasteiger charge is 2.21. The first kappa shape index (κ1) is 16.7. The van der Waals surface area contributed by atoms with Gasteiger partial charge in [-0.25, -0.2) is 0 Å². The Morgan fingerprint density at radius 3 is 2.48 bits per heavy atom. The molecule has 122 valence electrons. The van der Waals surface area contributed by atoms with Crippen molar-refractivity contribution in [1.29, 1.82) is 0 Å². The summed E-state index contributed by atoms with van der Waals surface area (Å²) in [7, 11) is 0. The minimum absolute atomic E-state index is 0.147. The summed E-state index contributed by atoms with van der Waals surface area (Å²) < 4.78 is 1.68. The Bertz CT molecular complexity index is 665. The maximum atomic E-state index is 12.5. The van der Waals surface area contributed by atoms with Gasteiger partial charge in [0.2, 0.25) is 0 Å². The highest BCUT2D eigenvalue weighted by Crippen LogP contribution is 2.09. The summed E-state index contributed by atoms with van der Waals surface area (Å²) in [4.78, 5) is 24.9. The zero-order valence-corrected chi connectivity index (χ0v) is 13.3. The van der Waals surface area contributed by atoms with E-state index in [9.17, 15) is 9.59 Å². The van der Waals surface area contributed by atoms with Crippen LogP contribution in [0.1, 0.15) is 35.9 Å². The van der Waals surface area contributed by atoms with E-state index in [1.165, 1.54) is 4.90 Å². The molecule has 1 N–H and O–H groups in total. The average molecular weight is 315 g/mol. The minimum atomic E-state index is -1.03. The van der Waals surface area contributed by atoms with Crippen LogP contribution in [0.5, 0.6) is 0 Å². The van der Waals surface area contributed by atoms with Crippen molar-refractivity contribution in [3.8, 4) is 0 Å². The van der Waals surface area contributed by atoms with E-state index in [0.717, 1.165) is 5.56 Å². The SMILES string of the molecule is CC(C)n1ccc(C(=O)N(CCc2ccccc2)CC(=O)O)n1. The number of aliphatic carboxylic acids is 1. The number of rotatable bonds is 7. The molecule has 23 heavy (non-hydrogen) atoms. The van der Waals surface area contributed by atoms with E-state index >= 15 is 0 Å². The Balaban J connectivity index is 2.09. The fourth-order valence-electron chi connectivity index (χ4n) is 2.23. The lowest BCUT2D eigenvalue weighted by molar-refractivity contribution is -0.137. The number of carbonyl (C=O) groups is 2. The van der Waals surface area contributed by atoms with Crippen LogP contribution in [0.2, 0.25) is 0 Å². The second kappa shape index (κ2) is 7.58. The van der Waals surface area contributed by atoms with Crippen LogP contribution in [-0.2, 0) is 11.2 Å². The maximum Gasteiger partial charge on any atom is 0.323 e. The maximum absolute atomic E-state index is 12.5. The van der Waals surface area contributed by atoms with Gasteiger partial charge in [0.15, 0.2) is 0 Å². The van der Waals surface area contributed by atoms with Crippen LogP contribution in [0, 0.1) is 0 Å². The Labute approximate surface area is 135 Å². The molecule has 2 rings (SSSR count). The van der Waals surface area contributed by atoms with Gasteiger partial charge in [0.1, 0.15) is 12.2 Å². The lowest BCUT2D eigenvalue weighted by atomic mass is 10.1. The van der Waals surface area contributed by atoms with Gasteiger partial charge in [0.05, 0.1) is 0 Å². The molecule has 0 aliphatic heterocycles. The summed E-state index contributed by atoms with van der Waals surface area (Å²) >= 11 is 0. The number of benzene rings is 1. The fourth-order valence-corrected chi connectivity index (χ4v) is 2.23. The van der Waals surface area contributed by atoms with Gasteiger partial charge < -0.3 is 10.0 Å². The molecule has 1 amide bonds. The smallest absolute Gasteiger partial charge is 0.323 e. The van der Waals surface area contributed by atoms with Crippen LogP contribution >= 0.6 is 0 Å². The molecular formula is C17H21N3O3. The Morgan fingerprint density at radius 1 is 1.22 bits per heavy atom. The third kappa shape index (κ3) is 4.67. The van der Waals surface area contributed by atoms with E-state index in [1.54, 1.807) is 16.9 Å². The molecule has 1 aromatic heterocycles. The van der Waals surface area contributed by atoms with Crippen LogP contribution in [0.25, 0.3) is 0 Å². The van der Waals surface area contributed by atoms with E-state index in [0.29, 0.717) is 13.0 Å². The summed E-state index contributed by atoms with van der Waals surface area (Å²) in [6.45, 7) is 3.93. The summed E-state index contributed by atoms with van der Waals surface area (Å²) in [5, 5.41) is 13.3. The van der Waals surface area contributed by atoms with Gasteiger partial charge in [-0.15, -0.1) is 0 Å². The summed E-state index contributed by atoms with van der Waals surface area (Å²) in [6.07, 6.45) is 2.33. The van der Waals surface area contributed by atoms with Crippen LogP contribution in [0.4, 0.5) is 0 Å². The van der Waals surface area contributed by atoms with E-state index in [2.05, 4.69) is 5.10 Å². The molecular weight excluding hydrogens is 294 g/mol. The second-order valence-corrected chi connectivity index (χ2v) is 5.63. The lowest BCUT2D eigenvalue weighted by Crippen LogP contribution is -2.37. The number of carboxylic acid groups (broad SMARTS) is 1. The molecule has 0 atom stereocenters. The Kier molecular flexibility index (Phi) is 5.51. The summed E-state index contributed by atoms with van der Waals surface area (Å²) in [5.74, 6) is -1.39. The molecule has 0 aliphatic carbocycles. The Hall–Kier alpha value is -2.63. The van der Waals surface area contributed by atoms with Crippen molar-refractivity contribution in [3.05, 3.63) is 53.9 Å². The fraction of sp³-hybridized carbons (Fsp3) is 0.353. The zero-order chi connectivity index (χ0) is 16.8. The highest BCUT2D eigenvalue weighted by molar-refractivity contribution is 5.94. The molecule has 2 aromatic rings. The second-order valence-electron chi connectivity index (χ2n) is 5.63. The van der Waals surface area contributed by atoms with Crippen LogP contribution < -0.4 is 0 Å². The third-order valence-corrected chi connectivity index (χ3v) is 3.48. The predicted octanol–water partition coefficient (Wildman–Crippen LogP) is 2.23. The first-order valence-corrected chi connectivity index (χ1v) is 7.57. The number of nitrogens with zero attached hydrogens (tertiary/aromatic N) is 3. The monoisotopic (exact) mass is 315 g/mol. The van der Waals surface area contributed by atoms with Crippen LogP contribution in [-0.4, -0.2) is 44.8 Å². The minimum Gasteiger partial charge on any atom is -0.480 e. The summed E-state index contributed by atoms with van der Waals surface area (Å²) in [6, 6.07) is 11.4. The van der Waals surface area contributed by atoms with E-state index in [4.69, 9.17) is 5.11 Å². The van der Waals surface area contributed by atoms with Gasteiger partial charge in [0, 0.05) is 18.8 Å². The third-order valence-electron chi connectivity index (χ3n) is 3.48.